The molecular weight excluding hydrogens is 465 g/mol. The van der Waals surface area contributed by atoms with Crippen molar-refractivity contribution in [1.82, 2.24) is 0 Å². The molecule has 0 N–H and O–H groups in total. The van der Waals surface area contributed by atoms with Crippen LogP contribution >= 0.6 is 15.9 Å². The average Bonchev–Trinajstić information content (AvgIpc) is 3.30. The molecule has 0 saturated heterocycles. The SMILES string of the molecule is COC(=O)C(C)C1COc2cc(OC3CCc4c3ccc(C(F)(F)F)c4Br)ccc21. The second-order valence-corrected chi connectivity index (χ2v) is 8.36. The molecular formula is C22H20BrF3O4. The first-order valence-electron chi connectivity index (χ1n) is 9.60. The normalized spacial score (nSPS) is 20.9. The summed E-state index contributed by atoms with van der Waals surface area (Å²) in [6, 6.07) is 8.05. The highest BCUT2D eigenvalue weighted by atomic mass is 79.9. The molecule has 3 unspecified atom stereocenters. The minimum Gasteiger partial charge on any atom is -0.492 e. The quantitative estimate of drug-likeness (QED) is 0.513. The van der Waals surface area contributed by atoms with Crippen LogP contribution in [-0.4, -0.2) is 19.7 Å². The van der Waals surface area contributed by atoms with Gasteiger partial charge in [-0.05, 0) is 52.0 Å². The van der Waals surface area contributed by atoms with Crippen molar-refractivity contribution in [2.45, 2.75) is 38.0 Å². The molecule has 0 bridgehead atoms. The second kappa shape index (κ2) is 7.80. The van der Waals surface area contributed by atoms with Gasteiger partial charge in [0.15, 0.2) is 0 Å². The van der Waals surface area contributed by atoms with Gasteiger partial charge in [-0.15, -0.1) is 0 Å². The molecule has 8 heteroatoms. The molecule has 4 nitrogen and oxygen atoms in total. The number of halogens is 4. The fourth-order valence-corrected chi connectivity index (χ4v) is 4.97. The van der Waals surface area contributed by atoms with Crippen LogP contribution in [0.4, 0.5) is 13.2 Å². The van der Waals surface area contributed by atoms with Crippen molar-refractivity contribution in [2.24, 2.45) is 5.92 Å². The smallest absolute Gasteiger partial charge is 0.417 e. The molecule has 0 aromatic heterocycles. The van der Waals surface area contributed by atoms with E-state index in [1.807, 2.05) is 19.1 Å². The lowest BCUT2D eigenvalue weighted by Crippen LogP contribution is -2.21. The van der Waals surface area contributed by atoms with Gasteiger partial charge in [0.2, 0.25) is 0 Å². The van der Waals surface area contributed by atoms with Gasteiger partial charge in [0, 0.05) is 22.0 Å². The van der Waals surface area contributed by atoms with Crippen LogP contribution in [0.15, 0.2) is 34.8 Å². The number of alkyl halides is 3. The molecule has 2 aliphatic rings. The van der Waals surface area contributed by atoms with Crippen LogP contribution in [0, 0.1) is 5.92 Å². The molecule has 2 aromatic rings. The zero-order chi connectivity index (χ0) is 21.6. The Morgan fingerprint density at radius 2 is 1.97 bits per heavy atom. The summed E-state index contributed by atoms with van der Waals surface area (Å²) < 4.78 is 56.2. The van der Waals surface area contributed by atoms with Crippen LogP contribution in [0.3, 0.4) is 0 Å². The summed E-state index contributed by atoms with van der Waals surface area (Å²) in [7, 11) is 1.36. The number of carbonyl (C=O) groups excluding carboxylic acids is 1. The number of carbonyl (C=O) groups is 1. The van der Waals surface area contributed by atoms with E-state index in [0.717, 1.165) is 17.2 Å². The number of hydrogen-bond acceptors (Lipinski definition) is 4. The van der Waals surface area contributed by atoms with E-state index in [1.54, 1.807) is 6.07 Å². The summed E-state index contributed by atoms with van der Waals surface area (Å²) in [5.41, 5.74) is 1.65. The van der Waals surface area contributed by atoms with Crippen LogP contribution in [-0.2, 0) is 22.1 Å². The van der Waals surface area contributed by atoms with E-state index in [2.05, 4.69) is 15.9 Å². The summed E-state index contributed by atoms with van der Waals surface area (Å²) in [5.74, 6) is 0.521. The molecule has 1 aliphatic heterocycles. The minimum absolute atomic E-state index is 0.0922. The summed E-state index contributed by atoms with van der Waals surface area (Å²) in [6.07, 6.45) is -3.63. The molecule has 4 rings (SSSR count). The maximum atomic E-state index is 13.1. The van der Waals surface area contributed by atoms with Crippen molar-refractivity contribution in [3.63, 3.8) is 0 Å². The fourth-order valence-electron chi connectivity index (χ4n) is 4.18. The second-order valence-electron chi connectivity index (χ2n) is 7.57. The van der Waals surface area contributed by atoms with E-state index in [-0.39, 0.29) is 28.4 Å². The first-order chi connectivity index (χ1) is 14.2. The van der Waals surface area contributed by atoms with Gasteiger partial charge in [0.1, 0.15) is 17.6 Å². The molecule has 30 heavy (non-hydrogen) atoms. The van der Waals surface area contributed by atoms with Crippen LogP contribution < -0.4 is 9.47 Å². The average molecular weight is 485 g/mol. The first kappa shape index (κ1) is 21.0. The zero-order valence-electron chi connectivity index (χ0n) is 16.4. The van der Waals surface area contributed by atoms with E-state index >= 15 is 0 Å². The largest absolute Gasteiger partial charge is 0.492 e. The number of benzene rings is 2. The maximum Gasteiger partial charge on any atom is 0.417 e. The number of hydrogen-bond donors (Lipinski definition) is 0. The van der Waals surface area contributed by atoms with Crippen molar-refractivity contribution in [3.8, 4) is 11.5 Å². The highest BCUT2D eigenvalue weighted by Crippen LogP contribution is 2.45. The van der Waals surface area contributed by atoms with Gasteiger partial charge in [0.05, 0.1) is 25.2 Å². The Bertz CT molecular complexity index is 989. The van der Waals surface area contributed by atoms with Crippen LogP contribution in [0.1, 0.15) is 47.6 Å². The van der Waals surface area contributed by atoms with Crippen molar-refractivity contribution in [3.05, 3.63) is 57.1 Å². The van der Waals surface area contributed by atoms with Crippen molar-refractivity contribution < 1.29 is 32.2 Å². The fraction of sp³-hybridized carbons (Fsp3) is 0.409. The summed E-state index contributed by atoms with van der Waals surface area (Å²) in [4.78, 5) is 11.9. The highest BCUT2D eigenvalue weighted by molar-refractivity contribution is 9.10. The predicted molar refractivity (Wildman–Crippen MR) is 107 cm³/mol. The predicted octanol–water partition coefficient (Wildman–Crippen LogP) is 5.82. The van der Waals surface area contributed by atoms with E-state index in [1.165, 1.54) is 13.2 Å². The number of methoxy groups -OCH3 is 1. The van der Waals surface area contributed by atoms with E-state index in [4.69, 9.17) is 14.2 Å². The van der Waals surface area contributed by atoms with Crippen LogP contribution in [0.5, 0.6) is 11.5 Å². The summed E-state index contributed by atoms with van der Waals surface area (Å²) in [5, 5.41) is 0. The Hall–Kier alpha value is -2.22. The molecule has 0 radical (unpaired) electrons. The highest BCUT2D eigenvalue weighted by Gasteiger charge is 2.37. The van der Waals surface area contributed by atoms with Gasteiger partial charge in [-0.3, -0.25) is 4.79 Å². The third-order valence-corrected chi connectivity index (χ3v) is 6.75. The van der Waals surface area contributed by atoms with Crippen molar-refractivity contribution in [1.29, 1.82) is 0 Å². The number of fused-ring (bicyclic) bond motifs is 2. The Labute approximate surface area is 180 Å². The maximum absolute atomic E-state index is 13.1. The number of esters is 1. The lowest BCUT2D eigenvalue weighted by Gasteiger charge is -2.18. The van der Waals surface area contributed by atoms with Crippen molar-refractivity contribution in [2.75, 3.05) is 13.7 Å². The van der Waals surface area contributed by atoms with Gasteiger partial charge < -0.3 is 14.2 Å². The number of rotatable bonds is 4. The van der Waals surface area contributed by atoms with Gasteiger partial charge in [-0.1, -0.05) is 19.1 Å². The molecule has 0 spiro atoms. The molecule has 3 atom stereocenters. The molecule has 0 saturated carbocycles. The van der Waals surface area contributed by atoms with E-state index in [9.17, 15) is 18.0 Å². The van der Waals surface area contributed by atoms with Crippen molar-refractivity contribution >= 4 is 21.9 Å². The lowest BCUT2D eigenvalue weighted by molar-refractivity contribution is -0.145. The lowest BCUT2D eigenvalue weighted by atomic mass is 9.89. The van der Waals surface area contributed by atoms with Crippen LogP contribution in [0.2, 0.25) is 0 Å². The molecule has 0 fully saturated rings. The molecule has 2 aromatic carbocycles. The Balaban J connectivity index is 1.54. The van der Waals surface area contributed by atoms with Gasteiger partial charge in [-0.25, -0.2) is 0 Å². The summed E-state index contributed by atoms with van der Waals surface area (Å²) in [6.45, 7) is 2.19. The minimum atomic E-state index is -4.40. The molecule has 160 valence electrons. The Kier molecular flexibility index (Phi) is 5.46. The van der Waals surface area contributed by atoms with E-state index < -0.39 is 11.7 Å². The Morgan fingerprint density at radius 1 is 1.23 bits per heavy atom. The molecule has 1 heterocycles. The monoisotopic (exact) mass is 484 g/mol. The van der Waals surface area contributed by atoms with Gasteiger partial charge >= 0.3 is 12.1 Å². The van der Waals surface area contributed by atoms with E-state index in [0.29, 0.717) is 36.5 Å². The third kappa shape index (κ3) is 3.66. The van der Waals surface area contributed by atoms with Gasteiger partial charge in [-0.2, -0.15) is 13.2 Å². The number of ether oxygens (including phenoxy) is 3. The Morgan fingerprint density at radius 3 is 2.67 bits per heavy atom. The van der Waals surface area contributed by atoms with Crippen LogP contribution in [0.25, 0.3) is 0 Å². The third-order valence-electron chi connectivity index (χ3n) is 5.85. The zero-order valence-corrected chi connectivity index (χ0v) is 18.0. The first-order valence-corrected chi connectivity index (χ1v) is 10.4. The molecule has 1 aliphatic carbocycles. The summed E-state index contributed by atoms with van der Waals surface area (Å²) >= 11 is 3.13. The topological polar surface area (TPSA) is 44.8 Å². The molecule has 0 amide bonds. The standard InChI is InChI=1S/C22H20BrF3O4/c1-11(21(27)28-2)16-10-29-19-9-12(3-4-14(16)19)30-18-8-6-15-13(18)5-7-17(20(15)23)22(24,25)26/h3-5,7,9,11,16,18H,6,8,10H2,1-2H3. The van der Waals surface area contributed by atoms with Gasteiger partial charge in [0.25, 0.3) is 0 Å².